The van der Waals surface area contributed by atoms with Gasteiger partial charge in [-0.05, 0) is 56.4 Å². The number of ether oxygens (including phenoxy) is 1. The number of aromatic nitrogens is 3. The Morgan fingerprint density at radius 3 is 2.00 bits per heavy atom. The summed E-state index contributed by atoms with van der Waals surface area (Å²) in [4.78, 5) is 46.3. The quantitative estimate of drug-likeness (QED) is 0.339. The largest absolute Gasteiger partial charge is 0.378 e. The Kier molecular flexibility index (Phi) is 8.76. The summed E-state index contributed by atoms with van der Waals surface area (Å²) >= 11 is 0. The van der Waals surface area contributed by atoms with Gasteiger partial charge in [0.15, 0.2) is 11.6 Å². The molecule has 0 unspecified atom stereocenters. The van der Waals surface area contributed by atoms with Crippen molar-refractivity contribution in [2.24, 2.45) is 0 Å². The Labute approximate surface area is 256 Å². The van der Waals surface area contributed by atoms with Crippen molar-refractivity contribution in [1.82, 2.24) is 24.8 Å². The summed E-state index contributed by atoms with van der Waals surface area (Å²) in [6.45, 7) is 7.79. The van der Waals surface area contributed by atoms with Gasteiger partial charge in [0.05, 0.1) is 13.2 Å². The van der Waals surface area contributed by atoms with Gasteiger partial charge in [-0.2, -0.15) is 9.97 Å². The van der Waals surface area contributed by atoms with Crippen molar-refractivity contribution in [3.63, 3.8) is 0 Å². The van der Waals surface area contributed by atoms with Crippen molar-refractivity contribution in [1.29, 1.82) is 0 Å². The molecule has 0 spiro atoms. The van der Waals surface area contributed by atoms with E-state index in [1.807, 2.05) is 60.4 Å². The third kappa shape index (κ3) is 7.01. The smallest absolute Gasteiger partial charge is 0.323 e. The predicted octanol–water partition coefficient (Wildman–Crippen LogP) is 4.38. The fourth-order valence-electron chi connectivity index (χ4n) is 5.15. The number of amides is 3. The molecule has 1 aromatic heterocycles. The summed E-state index contributed by atoms with van der Waals surface area (Å²) in [5, 5.41) is 5.70. The fraction of sp³-hybridized carbons (Fsp3) is 0.303. The molecule has 3 amide bonds. The lowest BCUT2D eigenvalue weighted by atomic mass is 10.1. The fourth-order valence-corrected chi connectivity index (χ4v) is 5.15. The van der Waals surface area contributed by atoms with Gasteiger partial charge in [0, 0.05) is 67.3 Å². The molecule has 11 heteroatoms. The molecule has 0 bridgehead atoms. The lowest BCUT2D eigenvalue weighted by Gasteiger charge is -2.32. The number of hydrogen-bond acceptors (Lipinski definition) is 8. The molecule has 2 aliphatic heterocycles. The maximum atomic E-state index is 13.0. The maximum Gasteiger partial charge on any atom is 0.323 e. The minimum Gasteiger partial charge on any atom is -0.378 e. The molecule has 6 rings (SSSR count). The first-order valence-electron chi connectivity index (χ1n) is 14.8. The van der Waals surface area contributed by atoms with E-state index in [9.17, 15) is 9.59 Å². The average molecular weight is 593 g/mol. The summed E-state index contributed by atoms with van der Waals surface area (Å²) in [5.41, 5.74) is 4.58. The lowest BCUT2D eigenvalue weighted by Crippen LogP contribution is -2.47. The Balaban J connectivity index is 1.15. The molecular weight excluding hydrogens is 556 g/mol. The molecule has 4 aromatic rings. The van der Waals surface area contributed by atoms with Gasteiger partial charge in [0.25, 0.3) is 5.91 Å². The van der Waals surface area contributed by atoms with Gasteiger partial charge < -0.3 is 30.1 Å². The standard InChI is InChI=1S/C33H36N8O3/c1-23-6-8-24(9-7-23)29-36-30(38-32(37-29)41-18-20-44-21-19-41)25-10-12-27(13-11-25)34-33(43)35-28-5-3-4-26(22-28)31(42)40-16-14-39(2)15-17-40/h3-13,22H,14-21H2,1-2H3,(H2,34,35,43). The molecule has 0 radical (unpaired) electrons. The third-order valence-corrected chi connectivity index (χ3v) is 7.79. The van der Waals surface area contributed by atoms with Crippen molar-refractivity contribution in [2.75, 3.05) is 75.1 Å². The van der Waals surface area contributed by atoms with Crippen LogP contribution in [0.1, 0.15) is 15.9 Å². The number of urea groups is 1. The summed E-state index contributed by atoms with van der Waals surface area (Å²) in [6.07, 6.45) is 0. The number of rotatable bonds is 6. The van der Waals surface area contributed by atoms with Crippen molar-refractivity contribution >= 4 is 29.3 Å². The number of morpholine rings is 1. The van der Waals surface area contributed by atoms with E-state index in [1.165, 1.54) is 0 Å². The van der Waals surface area contributed by atoms with Crippen LogP contribution in [0.2, 0.25) is 0 Å². The maximum absolute atomic E-state index is 13.0. The van der Waals surface area contributed by atoms with Gasteiger partial charge in [0.1, 0.15) is 0 Å². The predicted molar refractivity (Wildman–Crippen MR) is 171 cm³/mol. The van der Waals surface area contributed by atoms with Crippen molar-refractivity contribution < 1.29 is 14.3 Å². The van der Waals surface area contributed by atoms with E-state index >= 15 is 0 Å². The highest BCUT2D eigenvalue weighted by atomic mass is 16.5. The number of nitrogens with zero attached hydrogens (tertiary/aromatic N) is 6. The van der Waals surface area contributed by atoms with Gasteiger partial charge in [-0.3, -0.25) is 4.79 Å². The number of nitrogens with one attached hydrogen (secondary N) is 2. The molecular formula is C33H36N8O3. The lowest BCUT2D eigenvalue weighted by molar-refractivity contribution is 0.0664. The number of likely N-dealkylation sites (N-methyl/N-ethyl adjacent to an activating group) is 1. The topological polar surface area (TPSA) is 116 Å². The van der Waals surface area contributed by atoms with Crippen LogP contribution in [0.5, 0.6) is 0 Å². The number of hydrogen-bond donors (Lipinski definition) is 2. The zero-order chi connectivity index (χ0) is 30.5. The third-order valence-electron chi connectivity index (χ3n) is 7.79. The SMILES string of the molecule is Cc1ccc(-c2nc(-c3ccc(NC(=O)Nc4cccc(C(=O)N5CCN(C)CC5)c4)cc3)nc(N3CCOCC3)n2)cc1. The van der Waals surface area contributed by atoms with Gasteiger partial charge in [-0.15, -0.1) is 0 Å². The van der Waals surface area contributed by atoms with Crippen LogP contribution in [0.25, 0.3) is 22.8 Å². The molecule has 11 nitrogen and oxygen atoms in total. The van der Waals surface area contributed by atoms with Crippen LogP contribution in [-0.4, -0.2) is 96.2 Å². The minimum absolute atomic E-state index is 0.0293. The van der Waals surface area contributed by atoms with E-state index in [1.54, 1.807) is 24.3 Å². The van der Waals surface area contributed by atoms with Crippen molar-refractivity contribution in [3.05, 3.63) is 83.9 Å². The van der Waals surface area contributed by atoms with Gasteiger partial charge in [-0.1, -0.05) is 35.9 Å². The van der Waals surface area contributed by atoms with E-state index < -0.39 is 6.03 Å². The number of carbonyl (C=O) groups is 2. The molecule has 0 aliphatic carbocycles. The van der Waals surface area contributed by atoms with Crippen LogP contribution in [0.15, 0.2) is 72.8 Å². The first-order chi connectivity index (χ1) is 21.4. The van der Waals surface area contributed by atoms with Crippen LogP contribution in [-0.2, 0) is 4.74 Å². The zero-order valence-corrected chi connectivity index (χ0v) is 25.0. The second kappa shape index (κ2) is 13.2. The van der Waals surface area contributed by atoms with Gasteiger partial charge >= 0.3 is 6.03 Å². The van der Waals surface area contributed by atoms with Crippen LogP contribution in [0.4, 0.5) is 22.1 Å². The average Bonchev–Trinajstić information content (AvgIpc) is 3.06. The second-order valence-electron chi connectivity index (χ2n) is 11.1. The number of piperazine rings is 1. The van der Waals surface area contributed by atoms with E-state index in [2.05, 4.69) is 27.5 Å². The second-order valence-corrected chi connectivity index (χ2v) is 11.1. The molecule has 2 N–H and O–H groups in total. The van der Waals surface area contributed by atoms with E-state index in [-0.39, 0.29) is 5.91 Å². The first kappa shape index (κ1) is 29.2. The molecule has 3 heterocycles. The highest BCUT2D eigenvalue weighted by Crippen LogP contribution is 2.25. The summed E-state index contributed by atoms with van der Waals surface area (Å²) in [7, 11) is 2.05. The van der Waals surface area contributed by atoms with Crippen LogP contribution >= 0.6 is 0 Å². The monoisotopic (exact) mass is 592 g/mol. The van der Waals surface area contributed by atoms with Gasteiger partial charge in [0.2, 0.25) is 5.95 Å². The summed E-state index contributed by atoms with van der Waals surface area (Å²) in [5.74, 6) is 1.74. The number of aryl methyl sites for hydroxylation is 1. The Hall–Kier alpha value is -4.87. The minimum atomic E-state index is -0.404. The van der Waals surface area contributed by atoms with E-state index in [4.69, 9.17) is 19.7 Å². The Morgan fingerprint density at radius 1 is 0.727 bits per heavy atom. The molecule has 2 aliphatic rings. The van der Waals surface area contributed by atoms with Crippen molar-refractivity contribution in [3.8, 4) is 22.8 Å². The molecule has 2 fully saturated rings. The van der Waals surface area contributed by atoms with Crippen LogP contribution in [0.3, 0.4) is 0 Å². The van der Waals surface area contributed by atoms with Crippen molar-refractivity contribution in [2.45, 2.75) is 6.92 Å². The molecule has 44 heavy (non-hydrogen) atoms. The molecule has 0 atom stereocenters. The zero-order valence-electron chi connectivity index (χ0n) is 25.0. The first-order valence-corrected chi connectivity index (χ1v) is 14.8. The number of benzene rings is 3. The number of carbonyl (C=O) groups excluding carboxylic acids is 2. The van der Waals surface area contributed by atoms with Crippen LogP contribution in [0, 0.1) is 6.92 Å². The normalized spacial score (nSPS) is 15.6. The summed E-state index contributed by atoms with van der Waals surface area (Å²) in [6, 6.07) is 22.1. The molecule has 226 valence electrons. The number of anilines is 3. The van der Waals surface area contributed by atoms with E-state index in [0.717, 1.165) is 29.8 Å². The summed E-state index contributed by atoms with van der Waals surface area (Å²) < 4.78 is 5.52. The molecule has 3 aromatic carbocycles. The molecule has 2 saturated heterocycles. The van der Waals surface area contributed by atoms with Crippen LogP contribution < -0.4 is 15.5 Å². The highest BCUT2D eigenvalue weighted by Gasteiger charge is 2.21. The Morgan fingerprint density at radius 2 is 1.34 bits per heavy atom. The van der Waals surface area contributed by atoms with Gasteiger partial charge in [-0.25, -0.2) is 9.78 Å². The molecule has 0 saturated carbocycles. The van der Waals surface area contributed by atoms with E-state index in [0.29, 0.717) is 73.9 Å². The highest BCUT2D eigenvalue weighted by molar-refractivity contribution is 6.01. The Bertz CT molecular complexity index is 1610.